The van der Waals surface area contributed by atoms with E-state index in [-0.39, 0.29) is 5.82 Å². The third kappa shape index (κ3) is 3.45. The minimum atomic E-state index is -0.231. The Balaban J connectivity index is 1.31. The van der Waals surface area contributed by atoms with E-state index in [0.717, 1.165) is 38.3 Å². The van der Waals surface area contributed by atoms with E-state index in [1.165, 1.54) is 50.8 Å². The highest BCUT2D eigenvalue weighted by Gasteiger charge is 2.34. The summed E-state index contributed by atoms with van der Waals surface area (Å²) in [5, 5.41) is 9.24. The van der Waals surface area contributed by atoms with Crippen LogP contribution in [0.3, 0.4) is 0 Å². The van der Waals surface area contributed by atoms with Gasteiger partial charge in [-0.15, -0.1) is 10.2 Å². The molecule has 2 aliphatic heterocycles. The van der Waals surface area contributed by atoms with Crippen LogP contribution in [0.15, 0.2) is 18.5 Å². The van der Waals surface area contributed by atoms with Gasteiger partial charge in [-0.25, -0.2) is 4.39 Å². The summed E-state index contributed by atoms with van der Waals surface area (Å²) in [5.41, 5.74) is 0.668. The van der Waals surface area contributed by atoms with E-state index < -0.39 is 0 Å². The third-order valence-corrected chi connectivity index (χ3v) is 6.22. The fourth-order valence-electron chi connectivity index (χ4n) is 4.60. The lowest BCUT2D eigenvalue weighted by Gasteiger charge is -2.33. The Morgan fingerprint density at radius 3 is 2.48 bits per heavy atom. The molecule has 3 fully saturated rings. The Labute approximate surface area is 159 Å². The molecule has 2 aromatic rings. The quantitative estimate of drug-likeness (QED) is 0.809. The van der Waals surface area contributed by atoms with Crippen LogP contribution in [-0.2, 0) is 6.54 Å². The minimum Gasteiger partial charge on any atom is -0.369 e. The van der Waals surface area contributed by atoms with Gasteiger partial charge in [0.05, 0.1) is 18.4 Å². The summed E-state index contributed by atoms with van der Waals surface area (Å²) in [6, 6.07) is 2.37. The van der Waals surface area contributed by atoms with Crippen LogP contribution in [0.5, 0.6) is 0 Å². The van der Waals surface area contributed by atoms with E-state index in [1.807, 2.05) is 0 Å². The number of halogens is 1. The Morgan fingerprint density at radius 1 is 1.00 bits per heavy atom. The number of likely N-dealkylation sites (tertiary alicyclic amines) is 1. The summed E-state index contributed by atoms with van der Waals surface area (Å²) < 4.78 is 16.5. The first kappa shape index (κ1) is 17.1. The molecule has 0 unspecified atom stereocenters. The van der Waals surface area contributed by atoms with Gasteiger partial charge in [-0.1, -0.05) is 0 Å². The maximum atomic E-state index is 14.0. The zero-order valence-corrected chi connectivity index (χ0v) is 15.7. The predicted molar refractivity (Wildman–Crippen MR) is 101 cm³/mol. The Morgan fingerprint density at radius 2 is 1.78 bits per heavy atom. The largest absolute Gasteiger partial charge is 0.369 e. The highest BCUT2D eigenvalue weighted by atomic mass is 19.1. The summed E-state index contributed by atoms with van der Waals surface area (Å²) in [6.45, 7) is 5.01. The summed E-state index contributed by atoms with van der Waals surface area (Å²) in [5.74, 6) is 2.51. The molecule has 3 aliphatic rings. The highest BCUT2D eigenvalue weighted by Crippen LogP contribution is 2.40. The van der Waals surface area contributed by atoms with E-state index in [9.17, 15) is 4.39 Å². The van der Waals surface area contributed by atoms with E-state index >= 15 is 0 Å². The molecule has 7 heteroatoms. The van der Waals surface area contributed by atoms with Crippen molar-refractivity contribution in [2.24, 2.45) is 0 Å². The number of rotatable bonds is 5. The SMILES string of the molecule is Fc1cnccc1N1CCC(c2nnc(CN3CCCC3)n2C2CC2)CC1. The van der Waals surface area contributed by atoms with E-state index in [4.69, 9.17) is 0 Å². The average Bonchev–Trinajstić information content (AvgIpc) is 3.24. The van der Waals surface area contributed by atoms with Gasteiger partial charge < -0.3 is 9.47 Å². The van der Waals surface area contributed by atoms with Crippen molar-refractivity contribution in [3.8, 4) is 0 Å². The van der Waals surface area contributed by atoms with Gasteiger partial charge in [-0.3, -0.25) is 9.88 Å². The van der Waals surface area contributed by atoms with E-state index in [1.54, 1.807) is 12.3 Å². The van der Waals surface area contributed by atoms with Crippen LogP contribution in [0.4, 0.5) is 10.1 Å². The number of hydrogen-bond donors (Lipinski definition) is 0. The van der Waals surface area contributed by atoms with Gasteiger partial charge in [0.1, 0.15) is 11.6 Å². The van der Waals surface area contributed by atoms with Crippen molar-refractivity contribution in [1.82, 2.24) is 24.6 Å². The van der Waals surface area contributed by atoms with Crippen LogP contribution < -0.4 is 4.90 Å². The molecule has 0 aromatic carbocycles. The second-order valence-corrected chi connectivity index (χ2v) is 8.15. The smallest absolute Gasteiger partial charge is 0.164 e. The van der Waals surface area contributed by atoms with Gasteiger partial charge in [-0.2, -0.15) is 0 Å². The highest BCUT2D eigenvalue weighted by molar-refractivity contribution is 5.46. The Hall–Kier alpha value is -2.02. The fraction of sp³-hybridized carbons (Fsp3) is 0.650. The summed E-state index contributed by atoms with van der Waals surface area (Å²) in [4.78, 5) is 8.49. The lowest BCUT2D eigenvalue weighted by Crippen LogP contribution is -2.34. The molecule has 0 amide bonds. The molecule has 27 heavy (non-hydrogen) atoms. The van der Waals surface area contributed by atoms with Gasteiger partial charge in [0.25, 0.3) is 0 Å². The first-order valence-electron chi connectivity index (χ1n) is 10.3. The number of nitrogens with zero attached hydrogens (tertiary/aromatic N) is 6. The van der Waals surface area contributed by atoms with Crippen LogP contribution in [0.25, 0.3) is 0 Å². The zero-order valence-electron chi connectivity index (χ0n) is 15.7. The first-order chi connectivity index (χ1) is 13.3. The standard InChI is InChI=1S/C20H27FN6/c21-17-13-22-8-5-18(17)26-11-6-15(7-12-26)20-24-23-19(27(20)16-3-4-16)14-25-9-1-2-10-25/h5,8,13,15-16H,1-4,6-7,9-12,14H2. The van der Waals surface area contributed by atoms with Crippen molar-refractivity contribution in [3.63, 3.8) is 0 Å². The first-order valence-corrected chi connectivity index (χ1v) is 10.3. The maximum Gasteiger partial charge on any atom is 0.164 e. The summed E-state index contributed by atoms with van der Waals surface area (Å²) >= 11 is 0. The molecule has 1 saturated carbocycles. The molecule has 0 atom stereocenters. The molecule has 4 heterocycles. The van der Waals surface area contributed by atoms with Crippen molar-refractivity contribution < 1.29 is 4.39 Å². The molecular formula is C20H27FN6. The van der Waals surface area contributed by atoms with Crippen molar-refractivity contribution in [2.75, 3.05) is 31.1 Å². The molecule has 0 bridgehead atoms. The molecule has 6 nitrogen and oxygen atoms in total. The van der Waals surface area contributed by atoms with Crippen LogP contribution in [0, 0.1) is 5.82 Å². The predicted octanol–water partition coefficient (Wildman–Crippen LogP) is 3.13. The monoisotopic (exact) mass is 370 g/mol. The summed E-state index contributed by atoms with van der Waals surface area (Å²) in [6.07, 6.45) is 10.1. The van der Waals surface area contributed by atoms with E-state index in [0.29, 0.717) is 17.6 Å². The second-order valence-electron chi connectivity index (χ2n) is 8.15. The van der Waals surface area contributed by atoms with Crippen molar-refractivity contribution in [1.29, 1.82) is 0 Å². The molecule has 5 rings (SSSR count). The zero-order chi connectivity index (χ0) is 18.2. The van der Waals surface area contributed by atoms with Crippen LogP contribution in [0.1, 0.15) is 62.1 Å². The molecular weight excluding hydrogens is 343 g/mol. The number of piperidine rings is 1. The molecule has 1 aliphatic carbocycles. The lowest BCUT2D eigenvalue weighted by molar-refractivity contribution is 0.314. The Bertz CT molecular complexity index is 788. The topological polar surface area (TPSA) is 50.1 Å². The van der Waals surface area contributed by atoms with Gasteiger partial charge in [0.15, 0.2) is 5.82 Å². The number of pyridine rings is 1. The van der Waals surface area contributed by atoms with Gasteiger partial charge in [0.2, 0.25) is 0 Å². The second kappa shape index (κ2) is 7.19. The van der Waals surface area contributed by atoms with Crippen molar-refractivity contribution in [2.45, 2.75) is 57.0 Å². The van der Waals surface area contributed by atoms with Crippen LogP contribution >= 0.6 is 0 Å². The number of aromatic nitrogens is 4. The van der Waals surface area contributed by atoms with Crippen LogP contribution in [-0.4, -0.2) is 50.8 Å². The molecule has 0 radical (unpaired) electrons. The lowest BCUT2D eigenvalue weighted by atomic mass is 9.95. The number of anilines is 1. The van der Waals surface area contributed by atoms with Crippen molar-refractivity contribution in [3.05, 3.63) is 35.9 Å². The van der Waals surface area contributed by atoms with Crippen LogP contribution in [0.2, 0.25) is 0 Å². The Kier molecular flexibility index (Phi) is 4.55. The molecule has 144 valence electrons. The van der Waals surface area contributed by atoms with Crippen molar-refractivity contribution >= 4 is 5.69 Å². The third-order valence-electron chi connectivity index (χ3n) is 6.22. The van der Waals surface area contributed by atoms with Gasteiger partial charge >= 0.3 is 0 Å². The maximum absolute atomic E-state index is 14.0. The number of hydrogen-bond acceptors (Lipinski definition) is 5. The molecule has 2 aromatic heterocycles. The summed E-state index contributed by atoms with van der Waals surface area (Å²) in [7, 11) is 0. The van der Waals surface area contributed by atoms with Gasteiger partial charge in [-0.05, 0) is 57.7 Å². The fourth-order valence-corrected chi connectivity index (χ4v) is 4.60. The van der Waals surface area contributed by atoms with Gasteiger partial charge in [0, 0.05) is 31.2 Å². The average molecular weight is 370 g/mol. The molecule has 0 spiro atoms. The minimum absolute atomic E-state index is 0.231. The molecule has 2 saturated heterocycles. The molecule has 0 N–H and O–H groups in total. The van der Waals surface area contributed by atoms with E-state index in [2.05, 4.69) is 29.5 Å². The normalized spacial score (nSPS) is 21.9.